The molecule has 0 aliphatic carbocycles. The van der Waals surface area contributed by atoms with Crippen LogP contribution in [0.25, 0.3) is 11.5 Å². The number of hydrogen-bond acceptors (Lipinski definition) is 6. The van der Waals surface area contributed by atoms with Gasteiger partial charge in [-0.25, -0.2) is 13.8 Å². The van der Waals surface area contributed by atoms with Crippen LogP contribution in [0.15, 0.2) is 40.0 Å². The summed E-state index contributed by atoms with van der Waals surface area (Å²) in [7, 11) is 0.960. The van der Waals surface area contributed by atoms with Crippen molar-refractivity contribution in [3.8, 4) is 11.5 Å². The molecule has 14 heteroatoms. The lowest BCUT2D eigenvalue weighted by Crippen LogP contribution is -2.26. The topological polar surface area (TPSA) is 84.5 Å². The number of halogens is 7. The normalized spacial score (nSPS) is 12.0. The van der Waals surface area contributed by atoms with Crippen molar-refractivity contribution >= 4 is 12.1 Å². The number of pyridine rings is 1. The summed E-state index contributed by atoms with van der Waals surface area (Å²) in [5.74, 6) is -5.37. The molecule has 0 radical (unpaired) electrons. The van der Waals surface area contributed by atoms with Gasteiger partial charge in [-0.1, -0.05) is 0 Å². The number of alkyl halides is 5. The van der Waals surface area contributed by atoms with E-state index in [1.807, 2.05) is 0 Å². The molecule has 0 aliphatic heterocycles. The molecule has 0 bridgehead atoms. The Labute approximate surface area is 174 Å². The van der Waals surface area contributed by atoms with Crippen LogP contribution in [0, 0.1) is 11.6 Å². The van der Waals surface area contributed by atoms with E-state index >= 15 is 0 Å². The number of rotatable bonds is 5. The summed E-state index contributed by atoms with van der Waals surface area (Å²) in [5, 5.41) is 10.2. The van der Waals surface area contributed by atoms with Gasteiger partial charge in [0.25, 0.3) is 11.8 Å². The van der Waals surface area contributed by atoms with Gasteiger partial charge in [-0.3, -0.25) is 9.78 Å². The van der Waals surface area contributed by atoms with E-state index in [2.05, 4.69) is 24.7 Å². The van der Waals surface area contributed by atoms with Crippen LogP contribution in [0.4, 0.5) is 30.7 Å². The molecule has 3 rings (SSSR count). The maximum atomic E-state index is 14.3. The minimum absolute atomic E-state index is 0.343. The molecule has 2 aromatic heterocycles. The largest absolute Gasteiger partial charge is 0.418 e. The number of carbonyl (C=O) groups excluding carboxylic acids is 1. The highest BCUT2D eigenvalue weighted by Gasteiger charge is 2.36. The molecule has 1 amide bonds. The molecule has 7 nitrogen and oxygen atoms in total. The monoisotopic (exact) mass is 461 g/mol. The second kappa shape index (κ2) is 8.72. The quantitative estimate of drug-likeness (QED) is 0.318. The smallest absolute Gasteiger partial charge is 0.415 e. The second-order valence-corrected chi connectivity index (χ2v) is 6.07. The van der Waals surface area contributed by atoms with Crippen LogP contribution in [0.3, 0.4) is 0 Å². The van der Waals surface area contributed by atoms with Crippen molar-refractivity contribution in [3.63, 3.8) is 0 Å². The molecule has 1 aromatic carbocycles. The van der Waals surface area contributed by atoms with Crippen LogP contribution in [-0.2, 0) is 6.18 Å². The first kappa shape index (κ1) is 22.8. The number of aromatic nitrogens is 3. The Hall–Kier alpha value is -3.84. The van der Waals surface area contributed by atoms with Crippen LogP contribution in [0.5, 0.6) is 0 Å². The molecule has 0 saturated carbocycles. The first-order chi connectivity index (χ1) is 15.0. The summed E-state index contributed by atoms with van der Waals surface area (Å²) in [6.07, 6.45) is -6.42. The van der Waals surface area contributed by atoms with Gasteiger partial charge < -0.3 is 4.42 Å². The summed E-state index contributed by atoms with van der Waals surface area (Å²) >= 11 is 0. The van der Waals surface area contributed by atoms with Crippen LogP contribution in [0.1, 0.15) is 33.9 Å². The summed E-state index contributed by atoms with van der Waals surface area (Å²) in [4.78, 5) is 15.7. The number of nitrogens with zero attached hydrogens (tertiary/aromatic N) is 5. The third kappa shape index (κ3) is 4.73. The van der Waals surface area contributed by atoms with Gasteiger partial charge in [0.15, 0.2) is 0 Å². The van der Waals surface area contributed by atoms with Gasteiger partial charge in [-0.2, -0.15) is 27.1 Å². The van der Waals surface area contributed by atoms with E-state index in [1.54, 1.807) is 0 Å². The van der Waals surface area contributed by atoms with Gasteiger partial charge >= 0.3 is 12.6 Å². The molecular formula is C18H10F7N5O2. The van der Waals surface area contributed by atoms with Crippen molar-refractivity contribution in [2.75, 3.05) is 7.05 Å². The molecule has 3 aromatic rings. The fourth-order valence-corrected chi connectivity index (χ4v) is 2.43. The highest BCUT2D eigenvalue weighted by atomic mass is 19.4. The zero-order valence-corrected chi connectivity index (χ0v) is 15.7. The molecule has 0 atom stereocenters. The minimum Gasteiger partial charge on any atom is -0.415 e. The average molecular weight is 461 g/mol. The molecule has 0 saturated heterocycles. The van der Waals surface area contributed by atoms with Gasteiger partial charge in [0.05, 0.1) is 17.3 Å². The van der Waals surface area contributed by atoms with E-state index in [-0.39, 0.29) is 5.56 Å². The molecule has 2 heterocycles. The third-order valence-corrected chi connectivity index (χ3v) is 3.92. The van der Waals surface area contributed by atoms with Crippen molar-refractivity contribution in [2.24, 2.45) is 5.10 Å². The molecule has 0 fully saturated rings. The molecule has 0 unspecified atom stereocenters. The van der Waals surface area contributed by atoms with E-state index < -0.39 is 58.7 Å². The summed E-state index contributed by atoms with van der Waals surface area (Å²) in [6.45, 7) is 0. The lowest BCUT2D eigenvalue weighted by molar-refractivity contribution is -0.138. The second-order valence-electron chi connectivity index (χ2n) is 6.07. The Bertz CT molecular complexity index is 1150. The van der Waals surface area contributed by atoms with Crippen molar-refractivity contribution in [1.82, 2.24) is 20.2 Å². The highest BCUT2D eigenvalue weighted by Crippen LogP contribution is 2.31. The van der Waals surface area contributed by atoms with Crippen molar-refractivity contribution in [1.29, 1.82) is 0 Å². The first-order valence-electron chi connectivity index (χ1n) is 8.44. The van der Waals surface area contributed by atoms with E-state index in [9.17, 15) is 35.5 Å². The standard InChI is InChI=1S/C18H10F7N5O2/c1-30(17(31)13-10(18(23,24)25)3-2-4-26-13)27-7-9-11(19)5-8(6-12(9)20)15-28-29-16(32-15)14(21)22/h2-7,14H,1H3/b27-7+. The number of hydrogen-bond donors (Lipinski definition) is 0. The summed E-state index contributed by atoms with van der Waals surface area (Å²) in [6, 6.07) is 3.01. The van der Waals surface area contributed by atoms with Crippen LogP contribution < -0.4 is 0 Å². The van der Waals surface area contributed by atoms with Gasteiger partial charge in [0.1, 0.15) is 17.3 Å². The van der Waals surface area contributed by atoms with Crippen molar-refractivity contribution in [3.05, 3.63) is 64.8 Å². The number of benzene rings is 1. The van der Waals surface area contributed by atoms with E-state index in [0.717, 1.165) is 19.3 Å². The lowest BCUT2D eigenvalue weighted by Gasteiger charge is -2.14. The molecule has 0 spiro atoms. The number of carbonyl (C=O) groups is 1. The Morgan fingerprint density at radius 3 is 2.41 bits per heavy atom. The molecule has 0 N–H and O–H groups in total. The van der Waals surface area contributed by atoms with Crippen LogP contribution >= 0.6 is 0 Å². The lowest BCUT2D eigenvalue weighted by atomic mass is 10.1. The number of hydrazone groups is 1. The minimum atomic E-state index is -4.86. The van der Waals surface area contributed by atoms with Crippen molar-refractivity contribution < 1.29 is 39.9 Å². The Morgan fingerprint density at radius 1 is 1.19 bits per heavy atom. The zero-order chi connectivity index (χ0) is 23.6. The summed E-state index contributed by atoms with van der Waals surface area (Å²) < 4.78 is 97.4. The molecule has 168 valence electrons. The SMILES string of the molecule is CN(/N=C/c1c(F)cc(-c2nnc(C(F)F)o2)cc1F)C(=O)c1ncccc1C(F)(F)F. The van der Waals surface area contributed by atoms with Gasteiger partial charge in [-0.15, -0.1) is 10.2 Å². The number of amides is 1. The Kier molecular flexibility index (Phi) is 6.23. The predicted octanol–water partition coefficient (Wildman–Crippen LogP) is 4.47. The first-order valence-corrected chi connectivity index (χ1v) is 8.44. The fourth-order valence-electron chi connectivity index (χ4n) is 2.43. The highest BCUT2D eigenvalue weighted by molar-refractivity contribution is 5.94. The predicted molar refractivity (Wildman–Crippen MR) is 93.5 cm³/mol. The zero-order valence-electron chi connectivity index (χ0n) is 15.7. The third-order valence-electron chi connectivity index (χ3n) is 3.92. The van der Waals surface area contributed by atoms with Gasteiger partial charge in [0.2, 0.25) is 5.89 Å². The average Bonchev–Trinajstić information content (AvgIpc) is 3.22. The van der Waals surface area contributed by atoms with E-state index in [1.165, 1.54) is 0 Å². The Balaban J connectivity index is 1.86. The van der Waals surface area contributed by atoms with E-state index in [4.69, 9.17) is 0 Å². The van der Waals surface area contributed by atoms with Crippen LogP contribution in [-0.4, -0.2) is 39.4 Å². The molecule has 0 aliphatic rings. The maximum Gasteiger partial charge on any atom is 0.418 e. The molecule has 32 heavy (non-hydrogen) atoms. The molecular weight excluding hydrogens is 451 g/mol. The van der Waals surface area contributed by atoms with Gasteiger partial charge in [0, 0.05) is 18.8 Å². The van der Waals surface area contributed by atoms with E-state index in [0.29, 0.717) is 29.4 Å². The fraction of sp³-hybridized carbons (Fsp3) is 0.167. The van der Waals surface area contributed by atoms with Gasteiger partial charge in [-0.05, 0) is 24.3 Å². The Morgan fingerprint density at radius 2 is 1.84 bits per heavy atom. The maximum absolute atomic E-state index is 14.3. The summed E-state index contributed by atoms with van der Waals surface area (Å²) in [5.41, 5.74) is -3.37. The van der Waals surface area contributed by atoms with Crippen LogP contribution in [0.2, 0.25) is 0 Å². The van der Waals surface area contributed by atoms with Crippen molar-refractivity contribution in [2.45, 2.75) is 12.6 Å².